The Labute approximate surface area is 155 Å². The van der Waals surface area contributed by atoms with E-state index in [1.807, 2.05) is 37.3 Å². The number of benzene rings is 2. The largest absolute Gasteiger partial charge is 0.465 e. The van der Waals surface area contributed by atoms with E-state index in [9.17, 15) is 9.59 Å². The third kappa shape index (κ3) is 4.21. The lowest BCUT2D eigenvalue weighted by Crippen LogP contribution is -2.14. The van der Waals surface area contributed by atoms with Gasteiger partial charge in [-0.3, -0.25) is 4.79 Å². The maximum absolute atomic E-state index is 12.2. The maximum Gasteiger partial charge on any atom is 0.337 e. The highest BCUT2D eigenvalue weighted by Crippen LogP contribution is 2.23. The molecule has 3 aromatic rings. The Bertz CT molecular complexity index is 972. The molecular weight excluding hydrogens is 348 g/mol. The number of aryl methyl sites for hydroxylation is 1. The smallest absolute Gasteiger partial charge is 0.337 e. The van der Waals surface area contributed by atoms with E-state index in [2.05, 4.69) is 15.0 Å². The molecule has 0 unspecified atom stereocenters. The molecule has 0 aliphatic carbocycles. The Morgan fingerprint density at radius 3 is 2.73 bits per heavy atom. The van der Waals surface area contributed by atoms with Gasteiger partial charge in [-0.2, -0.15) is 0 Å². The molecule has 0 aliphatic rings. The van der Waals surface area contributed by atoms with Crippen molar-refractivity contribution < 1.29 is 14.3 Å². The number of pyridine rings is 1. The number of ether oxygens (including phenoxy) is 1. The van der Waals surface area contributed by atoms with E-state index in [4.69, 9.17) is 0 Å². The number of methoxy groups -OCH3 is 1. The molecule has 0 spiro atoms. The van der Waals surface area contributed by atoms with E-state index in [1.54, 1.807) is 24.3 Å². The molecule has 1 amide bonds. The van der Waals surface area contributed by atoms with Crippen LogP contribution in [0.25, 0.3) is 10.9 Å². The van der Waals surface area contributed by atoms with Gasteiger partial charge in [0.05, 0.1) is 29.0 Å². The third-order valence-corrected chi connectivity index (χ3v) is 4.73. The minimum absolute atomic E-state index is 0.162. The van der Waals surface area contributed by atoms with Gasteiger partial charge < -0.3 is 10.1 Å². The van der Waals surface area contributed by atoms with Crippen molar-refractivity contribution in [2.45, 2.75) is 11.9 Å². The van der Waals surface area contributed by atoms with E-state index < -0.39 is 5.97 Å². The SMILES string of the molecule is COC(=O)c1cccc(NC(=O)CSc2cc(C)c3ccccc3n2)c1. The lowest BCUT2D eigenvalue weighted by atomic mass is 10.1. The van der Waals surface area contributed by atoms with Crippen molar-refractivity contribution in [3.63, 3.8) is 0 Å². The first-order valence-electron chi connectivity index (χ1n) is 8.04. The monoisotopic (exact) mass is 366 g/mol. The number of thioether (sulfide) groups is 1. The van der Waals surface area contributed by atoms with E-state index in [0.717, 1.165) is 21.5 Å². The van der Waals surface area contributed by atoms with Gasteiger partial charge in [-0.05, 0) is 42.8 Å². The molecule has 132 valence electrons. The Morgan fingerprint density at radius 2 is 1.92 bits per heavy atom. The normalized spacial score (nSPS) is 10.5. The highest BCUT2D eigenvalue weighted by molar-refractivity contribution is 7.99. The zero-order valence-corrected chi connectivity index (χ0v) is 15.3. The Hall–Kier alpha value is -2.86. The van der Waals surface area contributed by atoms with Crippen LogP contribution >= 0.6 is 11.8 Å². The standard InChI is InChI=1S/C20H18N2O3S/c1-13-10-19(22-17-9-4-3-8-16(13)17)26-12-18(23)21-15-7-5-6-14(11-15)20(24)25-2/h3-11H,12H2,1-2H3,(H,21,23). The predicted octanol–water partition coefficient (Wildman–Crippen LogP) is 4.06. The summed E-state index contributed by atoms with van der Waals surface area (Å²) in [4.78, 5) is 28.3. The number of hydrogen-bond acceptors (Lipinski definition) is 5. The molecule has 0 saturated heterocycles. The van der Waals surface area contributed by atoms with Gasteiger partial charge in [0.25, 0.3) is 0 Å². The molecule has 1 heterocycles. The predicted molar refractivity (Wildman–Crippen MR) is 104 cm³/mol. The van der Waals surface area contributed by atoms with E-state index in [1.165, 1.54) is 18.9 Å². The number of anilines is 1. The molecule has 0 atom stereocenters. The fraction of sp³-hybridized carbons (Fsp3) is 0.150. The van der Waals surface area contributed by atoms with Crippen molar-refractivity contribution >= 4 is 40.2 Å². The zero-order chi connectivity index (χ0) is 18.5. The second kappa shape index (κ2) is 8.01. The third-order valence-electron chi connectivity index (χ3n) is 3.82. The van der Waals surface area contributed by atoms with Gasteiger partial charge in [0, 0.05) is 11.1 Å². The van der Waals surface area contributed by atoms with Gasteiger partial charge in [0.15, 0.2) is 0 Å². The lowest BCUT2D eigenvalue weighted by Gasteiger charge is -2.08. The number of nitrogens with zero attached hydrogens (tertiary/aromatic N) is 1. The zero-order valence-electron chi connectivity index (χ0n) is 14.5. The van der Waals surface area contributed by atoms with Crippen LogP contribution in [-0.4, -0.2) is 29.7 Å². The Morgan fingerprint density at radius 1 is 1.12 bits per heavy atom. The quantitative estimate of drug-likeness (QED) is 0.545. The van der Waals surface area contributed by atoms with Gasteiger partial charge in [0.1, 0.15) is 0 Å². The number of esters is 1. The van der Waals surface area contributed by atoms with Crippen molar-refractivity contribution in [2.24, 2.45) is 0 Å². The number of hydrogen-bond donors (Lipinski definition) is 1. The van der Waals surface area contributed by atoms with Gasteiger partial charge >= 0.3 is 5.97 Å². The average molecular weight is 366 g/mol. The molecule has 0 saturated carbocycles. The van der Waals surface area contributed by atoms with Gasteiger partial charge in [-0.25, -0.2) is 9.78 Å². The number of carbonyl (C=O) groups excluding carboxylic acids is 2. The molecule has 26 heavy (non-hydrogen) atoms. The second-order valence-corrected chi connectivity index (χ2v) is 6.70. The molecule has 0 fully saturated rings. The molecule has 2 aromatic carbocycles. The summed E-state index contributed by atoms with van der Waals surface area (Å²) in [6.07, 6.45) is 0. The molecule has 1 N–H and O–H groups in total. The van der Waals surface area contributed by atoms with Crippen LogP contribution in [0.4, 0.5) is 5.69 Å². The van der Waals surface area contributed by atoms with Crippen LogP contribution in [0.15, 0.2) is 59.6 Å². The minimum atomic E-state index is -0.439. The fourth-order valence-corrected chi connectivity index (χ4v) is 3.34. The van der Waals surface area contributed by atoms with Gasteiger partial charge in [-0.15, -0.1) is 0 Å². The average Bonchev–Trinajstić information content (AvgIpc) is 2.66. The first-order chi connectivity index (χ1) is 12.6. The van der Waals surface area contributed by atoms with Crippen LogP contribution in [0.3, 0.4) is 0 Å². The number of nitrogens with one attached hydrogen (secondary N) is 1. The van der Waals surface area contributed by atoms with Crippen molar-refractivity contribution in [3.8, 4) is 0 Å². The molecule has 1 aromatic heterocycles. The van der Waals surface area contributed by atoms with Crippen molar-refractivity contribution in [3.05, 3.63) is 65.7 Å². The fourth-order valence-electron chi connectivity index (χ4n) is 2.57. The summed E-state index contributed by atoms with van der Waals surface area (Å²) in [7, 11) is 1.32. The Balaban J connectivity index is 1.65. The summed E-state index contributed by atoms with van der Waals surface area (Å²) in [6, 6.07) is 16.6. The number of fused-ring (bicyclic) bond motifs is 1. The first kappa shape index (κ1) is 17.9. The maximum atomic E-state index is 12.2. The lowest BCUT2D eigenvalue weighted by molar-refractivity contribution is -0.113. The second-order valence-electron chi connectivity index (χ2n) is 5.70. The number of carbonyl (C=O) groups is 2. The highest BCUT2D eigenvalue weighted by Gasteiger charge is 2.09. The molecule has 0 aliphatic heterocycles. The van der Waals surface area contributed by atoms with E-state index in [0.29, 0.717) is 11.3 Å². The summed E-state index contributed by atoms with van der Waals surface area (Å²) in [5.74, 6) is -0.372. The summed E-state index contributed by atoms with van der Waals surface area (Å²) in [5.41, 5.74) is 3.00. The Kier molecular flexibility index (Phi) is 5.53. The summed E-state index contributed by atoms with van der Waals surface area (Å²) in [6.45, 7) is 2.03. The molecule has 5 nitrogen and oxygen atoms in total. The van der Waals surface area contributed by atoms with E-state index in [-0.39, 0.29) is 11.7 Å². The molecule has 0 radical (unpaired) electrons. The van der Waals surface area contributed by atoms with Crippen LogP contribution < -0.4 is 5.32 Å². The van der Waals surface area contributed by atoms with Crippen LogP contribution in [-0.2, 0) is 9.53 Å². The number of rotatable bonds is 5. The van der Waals surface area contributed by atoms with Crippen LogP contribution in [0, 0.1) is 6.92 Å². The topological polar surface area (TPSA) is 68.3 Å². The molecule has 6 heteroatoms. The van der Waals surface area contributed by atoms with Crippen molar-refractivity contribution in [2.75, 3.05) is 18.2 Å². The highest BCUT2D eigenvalue weighted by atomic mass is 32.2. The van der Waals surface area contributed by atoms with Crippen LogP contribution in [0.5, 0.6) is 0 Å². The van der Waals surface area contributed by atoms with Crippen LogP contribution in [0.1, 0.15) is 15.9 Å². The van der Waals surface area contributed by atoms with Crippen molar-refractivity contribution in [1.29, 1.82) is 0 Å². The number of para-hydroxylation sites is 1. The molecule has 0 bridgehead atoms. The molecule has 3 rings (SSSR count). The van der Waals surface area contributed by atoms with Gasteiger partial charge in [-0.1, -0.05) is 36.0 Å². The summed E-state index contributed by atoms with van der Waals surface area (Å²) >= 11 is 1.38. The minimum Gasteiger partial charge on any atom is -0.465 e. The first-order valence-corrected chi connectivity index (χ1v) is 9.03. The molecular formula is C20H18N2O3S. The van der Waals surface area contributed by atoms with Crippen LogP contribution in [0.2, 0.25) is 0 Å². The number of aromatic nitrogens is 1. The van der Waals surface area contributed by atoms with Gasteiger partial charge in [0.2, 0.25) is 5.91 Å². The summed E-state index contributed by atoms with van der Waals surface area (Å²) in [5, 5.41) is 4.71. The summed E-state index contributed by atoms with van der Waals surface area (Å²) < 4.78 is 4.68. The number of amides is 1. The van der Waals surface area contributed by atoms with Crippen molar-refractivity contribution in [1.82, 2.24) is 4.98 Å². The van der Waals surface area contributed by atoms with E-state index >= 15 is 0 Å².